The van der Waals surface area contributed by atoms with E-state index in [1.165, 1.54) is 12.1 Å². The van der Waals surface area contributed by atoms with Gasteiger partial charge in [0.1, 0.15) is 5.69 Å². The Labute approximate surface area is 106 Å². The predicted octanol–water partition coefficient (Wildman–Crippen LogP) is 0.562. The average molecular weight is 253 g/mol. The van der Waals surface area contributed by atoms with Gasteiger partial charge in [-0.15, -0.1) is 0 Å². The van der Waals surface area contributed by atoms with E-state index in [0.717, 1.165) is 6.42 Å². The van der Waals surface area contributed by atoms with Gasteiger partial charge in [0.05, 0.1) is 0 Å². The second-order valence-electron chi connectivity index (χ2n) is 4.90. The molecule has 0 aromatic carbocycles. The zero-order chi connectivity index (χ0) is 13.6. The Bertz CT molecular complexity index is 434. The highest BCUT2D eigenvalue weighted by molar-refractivity contribution is 5.91. The van der Waals surface area contributed by atoms with Gasteiger partial charge < -0.3 is 10.1 Å². The van der Waals surface area contributed by atoms with Gasteiger partial charge in [-0.3, -0.25) is 9.59 Å². The Morgan fingerprint density at radius 2 is 2.22 bits per heavy atom. The minimum absolute atomic E-state index is 0.0478. The number of nitrogens with one attached hydrogen (secondary N) is 2. The first-order chi connectivity index (χ1) is 8.44. The van der Waals surface area contributed by atoms with E-state index >= 15 is 0 Å². The fraction of sp³-hybridized carbons (Fsp3) is 0.583. The Balaban J connectivity index is 2.50. The zero-order valence-electron chi connectivity index (χ0n) is 10.9. The fourth-order valence-electron chi connectivity index (χ4n) is 1.35. The van der Waals surface area contributed by atoms with Crippen LogP contribution in [0.1, 0.15) is 30.8 Å². The van der Waals surface area contributed by atoms with Crippen molar-refractivity contribution in [3.8, 4) is 0 Å². The second kappa shape index (κ2) is 6.30. The third kappa shape index (κ3) is 4.67. The number of hydrogen-bond acceptors (Lipinski definition) is 4. The van der Waals surface area contributed by atoms with Crippen LogP contribution < -0.4 is 10.9 Å². The van der Waals surface area contributed by atoms with Gasteiger partial charge in [0.15, 0.2) is 0 Å². The molecular weight excluding hydrogens is 234 g/mol. The molecule has 1 aromatic heterocycles. The molecule has 0 aliphatic rings. The van der Waals surface area contributed by atoms with Crippen molar-refractivity contribution in [3.63, 3.8) is 0 Å². The summed E-state index contributed by atoms with van der Waals surface area (Å²) in [4.78, 5) is 22.6. The van der Waals surface area contributed by atoms with Crippen LogP contribution in [0, 0.1) is 5.41 Å². The summed E-state index contributed by atoms with van der Waals surface area (Å²) < 4.78 is 5.02. The molecular formula is C12H19N3O3. The number of H-pyrrole nitrogens is 1. The predicted molar refractivity (Wildman–Crippen MR) is 67.5 cm³/mol. The molecule has 0 fully saturated rings. The largest absolute Gasteiger partial charge is 0.385 e. The molecule has 18 heavy (non-hydrogen) atoms. The molecule has 0 spiro atoms. The lowest BCUT2D eigenvalue weighted by Gasteiger charge is -2.24. The van der Waals surface area contributed by atoms with Crippen molar-refractivity contribution in [1.82, 2.24) is 15.5 Å². The van der Waals surface area contributed by atoms with Crippen molar-refractivity contribution in [2.45, 2.75) is 20.3 Å². The molecule has 0 atom stereocenters. The molecule has 100 valence electrons. The molecule has 2 N–H and O–H groups in total. The van der Waals surface area contributed by atoms with Crippen LogP contribution in [0.4, 0.5) is 0 Å². The Kier molecular flexibility index (Phi) is 5.03. The first-order valence-electron chi connectivity index (χ1n) is 5.77. The summed E-state index contributed by atoms with van der Waals surface area (Å²) >= 11 is 0. The van der Waals surface area contributed by atoms with E-state index in [4.69, 9.17) is 4.74 Å². The number of nitrogens with zero attached hydrogens (tertiary/aromatic N) is 1. The lowest BCUT2D eigenvalue weighted by Crippen LogP contribution is -2.35. The molecule has 0 radical (unpaired) electrons. The minimum atomic E-state index is -0.327. The van der Waals surface area contributed by atoms with Gasteiger partial charge in [0.2, 0.25) is 0 Å². The third-order valence-corrected chi connectivity index (χ3v) is 2.62. The smallest absolute Gasteiger partial charge is 0.271 e. The van der Waals surface area contributed by atoms with Crippen molar-refractivity contribution < 1.29 is 9.53 Å². The number of amides is 1. The number of carbonyl (C=O) groups excluding carboxylic acids is 1. The van der Waals surface area contributed by atoms with E-state index in [1.54, 1.807) is 7.11 Å². The normalized spacial score (nSPS) is 11.3. The molecule has 0 saturated carbocycles. The van der Waals surface area contributed by atoms with Gasteiger partial charge in [-0.1, -0.05) is 13.8 Å². The summed E-state index contributed by atoms with van der Waals surface area (Å²) in [6.45, 7) is 5.27. The van der Waals surface area contributed by atoms with Gasteiger partial charge in [-0.25, -0.2) is 5.10 Å². The third-order valence-electron chi connectivity index (χ3n) is 2.62. The molecule has 0 bridgehead atoms. The number of carbonyl (C=O) groups is 1. The van der Waals surface area contributed by atoms with Crippen LogP contribution in [-0.2, 0) is 4.74 Å². The molecule has 1 amide bonds. The summed E-state index contributed by atoms with van der Waals surface area (Å²) in [7, 11) is 1.65. The maximum absolute atomic E-state index is 11.7. The minimum Gasteiger partial charge on any atom is -0.385 e. The van der Waals surface area contributed by atoms with E-state index in [9.17, 15) is 9.59 Å². The van der Waals surface area contributed by atoms with E-state index in [-0.39, 0.29) is 22.6 Å². The highest BCUT2D eigenvalue weighted by atomic mass is 16.5. The molecule has 6 nitrogen and oxygen atoms in total. The monoisotopic (exact) mass is 253 g/mol. The molecule has 1 rings (SSSR count). The lowest BCUT2D eigenvalue weighted by atomic mass is 9.89. The van der Waals surface area contributed by atoms with Crippen LogP contribution in [0.25, 0.3) is 0 Å². The molecule has 0 aliphatic heterocycles. The van der Waals surface area contributed by atoms with Crippen molar-refractivity contribution in [2.24, 2.45) is 5.41 Å². The number of rotatable bonds is 6. The second-order valence-corrected chi connectivity index (χ2v) is 4.90. The molecule has 6 heteroatoms. The van der Waals surface area contributed by atoms with Gasteiger partial charge in [0, 0.05) is 26.3 Å². The van der Waals surface area contributed by atoms with Crippen LogP contribution in [-0.4, -0.2) is 36.4 Å². The van der Waals surface area contributed by atoms with Crippen molar-refractivity contribution in [2.75, 3.05) is 20.3 Å². The van der Waals surface area contributed by atoms with Gasteiger partial charge in [0.25, 0.3) is 11.5 Å². The average Bonchev–Trinajstić information content (AvgIpc) is 2.35. The summed E-state index contributed by atoms with van der Waals surface area (Å²) in [6.07, 6.45) is 0.850. The first-order valence-corrected chi connectivity index (χ1v) is 5.77. The van der Waals surface area contributed by atoms with E-state index in [1.807, 2.05) is 13.8 Å². The number of methoxy groups -OCH3 is 1. The fourth-order valence-corrected chi connectivity index (χ4v) is 1.35. The van der Waals surface area contributed by atoms with Crippen molar-refractivity contribution in [3.05, 3.63) is 28.2 Å². The van der Waals surface area contributed by atoms with Crippen molar-refractivity contribution >= 4 is 5.91 Å². The maximum Gasteiger partial charge on any atom is 0.271 e. The number of aromatic nitrogens is 2. The number of aromatic amines is 1. The summed E-state index contributed by atoms with van der Waals surface area (Å²) in [5.41, 5.74) is -0.169. The highest BCUT2D eigenvalue weighted by Crippen LogP contribution is 2.18. The first kappa shape index (κ1) is 14.4. The summed E-state index contributed by atoms with van der Waals surface area (Å²) in [5.74, 6) is -0.295. The quantitative estimate of drug-likeness (QED) is 0.776. The number of hydrogen-bond donors (Lipinski definition) is 2. The molecule has 0 aliphatic carbocycles. The van der Waals surface area contributed by atoms with Gasteiger partial charge in [-0.05, 0) is 17.9 Å². The van der Waals surface area contributed by atoms with E-state index in [2.05, 4.69) is 15.5 Å². The zero-order valence-corrected chi connectivity index (χ0v) is 10.9. The lowest BCUT2D eigenvalue weighted by molar-refractivity contribution is 0.0915. The number of ether oxygens (including phenoxy) is 1. The topological polar surface area (TPSA) is 84.1 Å². The Morgan fingerprint density at radius 1 is 1.50 bits per heavy atom. The molecule has 1 heterocycles. The highest BCUT2D eigenvalue weighted by Gasteiger charge is 2.19. The van der Waals surface area contributed by atoms with Crippen LogP contribution in [0.5, 0.6) is 0 Å². The standard InChI is InChI=1S/C12H19N3O3/c1-12(2,6-7-18-3)8-13-11(17)9-4-5-10(16)15-14-9/h4-5H,6-8H2,1-3H3,(H,13,17)(H,15,16). The van der Waals surface area contributed by atoms with Crippen LogP contribution in [0.15, 0.2) is 16.9 Å². The molecule has 0 saturated heterocycles. The van der Waals surface area contributed by atoms with Gasteiger partial charge >= 0.3 is 0 Å². The summed E-state index contributed by atoms with van der Waals surface area (Å²) in [5, 5.41) is 8.68. The van der Waals surface area contributed by atoms with E-state index < -0.39 is 0 Å². The molecule has 0 unspecified atom stereocenters. The van der Waals surface area contributed by atoms with Crippen LogP contribution in [0.2, 0.25) is 0 Å². The van der Waals surface area contributed by atoms with E-state index in [0.29, 0.717) is 13.2 Å². The van der Waals surface area contributed by atoms with Gasteiger partial charge in [-0.2, -0.15) is 5.10 Å². The SMILES string of the molecule is COCCC(C)(C)CNC(=O)c1ccc(=O)[nH]n1. The summed E-state index contributed by atoms with van der Waals surface area (Å²) in [6, 6.07) is 2.67. The van der Waals surface area contributed by atoms with Crippen LogP contribution >= 0.6 is 0 Å². The Morgan fingerprint density at radius 3 is 2.78 bits per heavy atom. The van der Waals surface area contributed by atoms with Crippen LogP contribution in [0.3, 0.4) is 0 Å². The van der Waals surface area contributed by atoms with Crippen molar-refractivity contribution in [1.29, 1.82) is 0 Å². The molecule has 1 aromatic rings. The Hall–Kier alpha value is -1.69. The maximum atomic E-state index is 11.7.